The Morgan fingerprint density at radius 1 is 1.14 bits per heavy atom. The van der Waals surface area contributed by atoms with Crippen molar-refractivity contribution in [3.63, 3.8) is 0 Å². The molecule has 120 valence electrons. The summed E-state index contributed by atoms with van der Waals surface area (Å²) in [6.07, 6.45) is 11.4. The minimum absolute atomic E-state index is 0.165. The Kier molecular flexibility index (Phi) is 9.76. The topological polar surface area (TPSA) is 26.3 Å². The first kappa shape index (κ1) is 18.2. The van der Waals surface area contributed by atoms with E-state index in [0.717, 1.165) is 17.6 Å². The fourth-order valence-corrected chi connectivity index (χ4v) is 2.10. The Balaban J connectivity index is 2.10. The van der Waals surface area contributed by atoms with Gasteiger partial charge in [0, 0.05) is 6.42 Å². The van der Waals surface area contributed by atoms with E-state index in [0.29, 0.717) is 19.4 Å². The lowest BCUT2D eigenvalue weighted by Crippen LogP contribution is -2.04. The number of benzene rings is 1. The number of hydrogen-bond donors (Lipinski definition) is 0. The van der Waals surface area contributed by atoms with Gasteiger partial charge >= 0.3 is 5.97 Å². The van der Waals surface area contributed by atoms with Gasteiger partial charge in [-0.15, -0.1) is 0 Å². The molecule has 0 aliphatic rings. The van der Waals surface area contributed by atoms with Gasteiger partial charge in [-0.05, 0) is 24.8 Å². The summed E-state index contributed by atoms with van der Waals surface area (Å²) in [7, 11) is 0. The Hall–Kier alpha value is -1.83. The molecule has 0 atom stereocenters. The van der Waals surface area contributed by atoms with Gasteiger partial charge in [0.1, 0.15) is 6.61 Å². The van der Waals surface area contributed by atoms with E-state index in [2.05, 4.69) is 19.6 Å². The van der Waals surface area contributed by atoms with Crippen LogP contribution in [-0.2, 0) is 16.1 Å². The second kappa shape index (κ2) is 11.8. The number of carbonyl (C=O) groups is 1. The lowest BCUT2D eigenvalue weighted by molar-refractivity contribution is -0.144. The van der Waals surface area contributed by atoms with Crippen LogP contribution in [0.3, 0.4) is 0 Å². The summed E-state index contributed by atoms with van der Waals surface area (Å²) in [4.78, 5) is 11.7. The van der Waals surface area contributed by atoms with Gasteiger partial charge in [-0.2, -0.15) is 0 Å². The number of unbranched alkanes of at least 4 members (excludes halogenated alkanes) is 4. The minimum atomic E-state index is -0.165. The zero-order valence-electron chi connectivity index (χ0n) is 13.7. The molecule has 0 unspecified atom stereocenters. The first-order valence-corrected chi connectivity index (χ1v) is 8.26. The minimum Gasteiger partial charge on any atom is -0.461 e. The maximum absolute atomic E-state index is 11.7. The standard InChI is InChI=1S/C20H28O2/c1-3-4-5-6-7-9-12-18(2)15-16-20(21)22-17-19-13-10-8-11-14-19/h8-14H,2-7,15-17H2,1H3/b12-9+. The molecule has 1 aromatic rings. The average Bonchev–Trinajstić information content (AvgIpc) is 2.55. The molecule has 0 heterocycles. The summed E-state index contributed by atoms with van der Waals surface area (Å²) in [5.74, 6) is -0.165. The summed E-state index contributed by atoms with van der Waals surface area (Å²) in [6, 6.07) is 9.73. The first-order valence-electron chi connectivity index (χ1n) is 8.26. The first-order chi connectivity index (χ1) is 10.7. The Bertz CT molecular complexity index is 460. The molecule has 0 aromatic heterocycles. The van der Waals surface area contributed by atoms with Crippen LogP contribution >= 0.6 is 0 Å². The Morgan fingerprint density at radius 2 is 1.91 bits per heavy atom. The van der Waals surface area contributed by atoms with Gasteiger partial charge in [-0.3, -0.25) is 4.79 Å². The molecule has 2 nitrogen and oxygen atoms in total. The highest BCUT2D eigenvalue weighted by Gasteiger charge is 2.03. The summed E-state index contributed by atoms with van der Waals surface area (Å²) in [5, 5.41) is 0. The number of allylic oxidation sites excluding steroid dienone is 3. The summed E-state index contributed by atoms with van der Waals surface area (Å²) in [5.41, 5.74) is 2.01. The molecule has 0 spiro atoms. The molecule has 0 bridgehead atoms. The van der Waals surface area contributed by atoms with Crippen molar-refractivity contribution in [2.45, 2.75) is 58.5 Å². The van der Waals surface area contributed by atoms with E-state index >= 15 is 0 Å². The molecule has 1 aromatic carbocycles. The smallest absolute Gasteiger partial charge is 0.306 e. The van der Waals surface area contributed by atoms with E-state index in [1.807, 2.05) is 36.4 Å². The Labute approximate surface area is 134 Å². The largest absolute Gasteiger partial charge is 0.461 e. The molecule has 0 N–H and O–H groups in total. The van der Waals surface area contributed by atoms with Crippen LogP contribution < -0.4 is 0 Å². The van der Waals surface area contributed by atoms with E-state index in [1.165, 1.54) is 25.7 Å². The third-order valence-electron chi connectivity index (χ3n) is 3.47. The van der Waals surface area contributed by atoms with Crippen LogP contribution in [0, 0.1) is 0 Å². The third kappa shape index (κ3) is 9.17. The number of rotatable bonds is 11. The lowest BCUT2D eigenvalue weighted by atomic mass is 10.1. The Morgan fingerprint density at radius 3 is 2.64 bits per heavy atom. The van der Waals surface area contributed by atoms with Crippen LogP contribution in [0.25, 0.3) is 0 Å². The predicted octanol–water partition coefficient (Wildman–Crippen LogP) is 5.59. The van der Waals surface area contributed by atoms with Gasteiger partial charge < -0.3 is 4.74 Å². The number of carbonyl (C=O) groups excluding carboxylic acids is 1. The molecule has 0 fully saturated rings. The molecule has 0 radical (unpaired) electrons. The van der Waals surface area contributed by atoms with E-state index in [4.69, 9.17) is 4.74 Å². The zero-order valence-corrected chi connectivity index (χ0v) is 13.7. The second-order valence-corrected chi connectivity index (χ2v) is 5.56. The van der Waals surface area contributed by atoms with Crippen molar-refractivity contribution in [2.24, 2.45) is 0 Å². The molecule has 0 saturated heterocycles. The van der Waals surface area contributed by atoms with E-state index in [-0.39, 0.29) is 5.97 Å². The highest BCUT2D eigenvalue weighted by Crippen LogP contribution is 2.09. The predicted molar refractivity (Wildman–Crippen MR) is 92.5 cm³/mol. The van der Waals surface area contributed by atoms with Crippen molar-refractivity contribution in [1.29, 1.82) is 0 Å². The van der Waals surface area contributed by atoms with Crippen molar-refractivity contribution in [3.8, 4) is 0 Å². The van der Waals surface area contributed by atoms with Crippen molar-refractivity contribution >= 4 is 5.97 Å². The molecular weight excluding hydrogens is 272 g/mol. The third-order valence-corrected chi connectivity index (χ3v) is 3.47. The highest BCUT2D eigenvalue weighted by atomic mass is 16.5. The van der Waals surface area contributed by atoms with Crippen LogP contribution in [0.1, 0.15) is 57.4 Å². The molecule has 0 aliphatic heterocycles. The molecule has 0 saturated carbocycles. The number of hydrogen-bond acceptors (Lipinski definition) is 2. The maximum atomic E-state index is 11.7. The van der Waals surface area contributed by atoms with Crippen LogP contribution in [0.4, 0.5) is 0 Å². The fraction of sp³-hybridized carbons (Fsp3) is 0.450. The van der Waals surface area contributed by atoms with E-state index in [9.17, 15) is 4.79 Å². The monoisotopic (exact) mass is 300 g/mol. The molecule has 0 amide bonds. The van der Waals surface area contributed by atoms with Crippen LogP contribution in [0.5, 0.6) is 0 Å². The summed E-state index contributed by atoms with van der Waals surface area (Å²) >= 11 is 0. The maximum Gasteiger partial charge on any atom is 0.306 e. The molecular formula is C20H28O2. The van der Waals surface area contributed by atoms with Crippen LogP contribution in [0.15, 0.2) is 54.6 Å². The number of ether oxygens (including phenoxy) is 1. The van der Waals surface area contributed by atoms with E-state index < -0.39 is 0 Å². The van der Waals surface area contributed by atoms with Gasteiger partial charge in [0.05, 0.1) is 0 Å². The van der Waals surface area contributed by atoms with Crippen molar-refractivity contribution in [3.05, 3.63) is 60.2 Å². The molecule has 1 rings (SSSR count). The normalized spacial score (nSPS) is 10.8. The SMILES string of the molecule is C=C(/C=C/CCCCCC)CCC(=O)OCc1ccccc1. The molecule has 2 heteroatoms. The van der Waals surface area contributed by atoms with Gasteiger partial charge in [-0.25, -0.2) is 0 Å². The average molecular weight is 300 g/mol. The number of esters is 1. The van der Waals surface area contributed by atoms with Crippen molar-refractivity contribution in [2.75, 3.05) is 0 Å². The second-order valence-electron chi connectivity index (χ2n) is 5.56. The zero-order chi connectivity index (χ0) is 16.0. The molecule has 22 heavy (non-hydrogen) atoms. The van der Waals surface area contributed by atoms with Crippen LogP contribution in [-0.4, -0.2) is 5.97 Å². The highest BCUT2D eigenvalue weighted by molar-refractivity contribution is 5.69. The summed E-state index contributed by atoms with van der Waals surface area (Å²) in [6.45, 7) is 6.55. The van der Waals surface area contributed by atoms with Crippen molar-refractivity contribution in [1.82, 2.24) is 0 Å². The van der Waals surface area contributed by atoms with Gasteiger partial charge in [-0.1, -0.05) is 80.8 Å². The van der Waals surface area contributed by atoms with E-state index in [1.54, 1.807) is 0 Å². The lowest BCUT2D eigenvalue weighted by Gasteiger charge is -2.05. The van der Waals surface area contributed by atoms with Gasteiger partial charge in [0.15, 0.2) is 0 Å². The van der Waals surface area contributed by atoms with Gasteiger partial charge in [0.2, 0.25) is 0 Å². The quantitative estimate of drug-likeness (QED) is 0.302. The fourth-order valence-electron chi connectivity index (χ4n) is 2.10. The van der Waals surface area contributed by atoms with Crippen LogP contribution in [0.2, 0.25) is 0 Å². The van der Waals surface area contributed by atoms with Gasteiger partial charge in [0.25, 0.3) is 0 Å². The molecule has 0 aliphatic carbocycles. The summed E-state index contributed by atoms with van der Waals surface area (Å²) < 4.78 is 5.24. The van der Waals surface area contributed by atoms with Crippen molar-refractivity contribution < 1.29 is 9.53 Å².